The number of ketones is 1. The molecule has 0 saturated heterocycles. The van der Waals surface area contributed by atoms with Crippen LogP contribution in [-0.2, 0) is 4.79 Å². The Morgan fingerprint density at radius 1 is 1.11 bits per heavy atom. The molecule has 2 aromatic carbocycles. The Hall–Kier alpha value is -3.48. The minimum Gasteiger partial charge on any atom is -0.508 e. The van der Waals surface area contributed by atoms with E-state index < -0.39 is 6.04 Å². The highest BCUT2D eigenvalue weighted by Gasteiger charge is 2.39. The van der Waals surface area contributed by atoms with E-state index in [0.717, 1.165) is 16.8 Å². The molecule has 1 aromatic heterocycles. The molecule has 0 amide bonds. The number of rotatable bonds is 2. The highest BCUT2D eigenvalue weighted by Crippen LogP contribution is 2.45. The van der Waals surface area contributed by atoms with Crippen LogP contribution in [0, 0.1) is 5.82 Å². The zero-order valence-electron chi connectivity index (χ0n) is 14.8. The van der Waals surface area contributed by atoms with Crippen LogP contribution in [0.5, 0.6) is 5.75 Å². The summed E-state index contributed by atoms with van der Waals surface area (Å²) < 4.78 is 15.1. The lowest BCUT2D eigenvalue weighted by atomic mass is 9.77. The number of phenols is 1. The molecule has 7 heteroatoms. The molecule has 3 aromatic rings. The van der Waals surface area contributed by atoms with Gasteiger partial charge < -0.3 is 10.4 Å². The molecule has 28 heavy (non-hydrogen) atoms. The van der Waals surface area contributed by atoms with Gasteiger partial charge in [0, 0.05) is 23.6 Å². The monoisotopic (exact) mass is 376 g/mol. The van der Waals surface area contributed by atoms with Gasteiger partial charge in [0.2, 0.25) is 5.95 Å². The summed E-state index contributed by atoms with van der Waals surface area (Å²) in [6.45, 7) is 0. The van der Waals surface area contributed by atoms with Crippen molar-refractivity contribution in [2.75, 3.05) is 5.32 Å². The first-order valence-corrected chi connectivity index (χ1v) is 9.08. The number of Topliss-reactive ketones (excluding diaryl/α,β-unsaturated/α-hetero) is 1. The normalized spacial score (nSPS) is 21.1. The molecule has 0 spiro atoms. The molecule has 6 nitrogen and oxygen atoms in total. The van der Waals surface area contributed by atoms with Gasteiger partial charge in [-0.15, -0.1) is 0 Å². The lowest BCUT2D eigenvalue weighted by molar-refractivity contribution is -0.116. The van der Waals surface area contributed by atoms with Gasteiger partial charge in [-0.25, -0.2) is 9.07 Å². The van der Waals surface area contributed by atoms with Crippen molar-refractivity contribution >= 4 is 11.7 Å². The quantitative estimate of drug-likeness (QED) is 0.715. The third-order valence-electron chi connectivity index (χ3n) is 5.42. The van der Waals surface area contributed by atoms with Crippen LogP contribution in [0.1, 0.15) is 35.9 Å². The third kappa shape index (κ3) is 2.58. The van der Waals surface area contributed by atoms with Crippen LogP contribution in [0.4, 0.5) is 10.3 Å². The fraction of sp³-hybridized carbons (Fsp3) is 0.190. The second-order valence-corrected chi connectivity index (χ2v) is 7.09. The van der Waals surface area contributed by atoms with Gasteiger partial charge in [-0.2, -0.15) is 10.1 Å². The standard InChI is InChI=1S/C21H17FN4O2/c22-14-7-5-12(6-8-14)20-19-16(25-21-23-11-24-26(20)21)9-13(10-18(19)28)15-3-1-2-4-17(15)27/h1-8,11,13,20,27H,9-10H2,(H,23,24,25)/t13-,20-/m0/s1. The Labute approximate surface area is 160 Å². The topological polar surface area (TPSA) is 80.0 Å². The van der Waals surface area contributed by atoms with Gasteiger partial charge >= 0.3 is 0 Å². The van der Waals surface area contributed by atoms with Crippen molar-refractivity contribution in [3.05, 3.63) is 83.1 Å². The average molecular weight is 376 g/mol. The summed E-state index contributed by atoms with van der Waals surface area (Å²) in [5.41, 5.74) is 2.93. The summed E-state index contributed by atoms with van der Waals surface area (Å²) in [6.07, 6.45) is 2.30. The third-order valence-corrected chi connectivity index (χ3v) is 5.42. The number of para-hydroxylation sites is 1. The lowest BCUT2D eigenvalue weighted by Gasteiger charge is -2.35. The number of nitrogens with zero attached hydrogens (tertiary/aromatic N) is 3. The van der Waals surface area contributed by atoms with Crippen LogP contribution in [0.3, 0.4) is 0 Å². The number of halogens is 1. The van der Waals surface area contributed by atoms with E-state index in [0.29, 0.717) is 24.4 Å². The molecule has 0 unspecified atom stereocenters. The fourth-order valence-electron chi connectivity index (χ4n) is 4.16. The van der Waals surface area contributed by atoms with Crippen molar-refractivity contribution in [2.45, 2.75) is 24.8 Å². The van der Waals surface area contributed by atoms with Crippen LogP contribution >= 0.6 is 0 Å². The predicted octanol–water partition coefficient (Wildman–Crippen LogP) is 3.54. The van der Waals surface area contributed by atoms with E-state index in [-0.39, 0.29) is 23.3 Å². The zero-order chi connectivity index (χ0) is 19.3. The maximum atomic E-state index is 13.4. The fourth-order valence-corrected chi connectivity index (χ4v) is 4.16. The summed E-state index contributed by atoms with van der Waals surface area (Å²) in [7, 11) is 0. The number of aromatic nitrogens is 3. The molecule has 140 valence electrons. The number of hydrogen-bond acceptors (Lipinski definition) is 5. The highest BCUT2D eigenvalue weighted by molar-refractivity contribution is 6.00. The van der Waals surface area contributed by atoms with Crippen molar-refractivity contribution in [1.29, 1.82) is 0 Å². The first kappa shape index (κ1) is 16.7. The van der Waals surface area contributed by atoms with Gasteiger partial charge in [-0.05, 0) is 35.7 Å². The van der Waals surface area contributed by atoms with Crippen molar-refractivity contribution in [1.82, 2.24) is 14.8 Å². The van der Waals surface area contributed by atoms with E-state index in [2.05, 4.69) is 15.4 Å². The number of nitrogens with one attached hydrogen (secondary N) is 1. The SMILES string of the molecule is O=C1C[C@@H](c2ccccc2O)CC2=C1[C@H](c1ccc(F)cc1)n1ncnc1N2. The summed E-state index contributed by atoms with van der Waals surface area (Å²) >= 11 is 0. The molecular weight excluding hydrogens is 359 g/mol. The molecule has 1 aliphatic heterocycles. The molecule has 5 rings (SSSR count). The molecule has 2 aliphatic rings. The van der Waals surface area contributed by atoms with Gasteiger partial charge in [0.1, 0.15) is 23.9 Å². The number of allylic oxidation sites excluding steroid dienone is 2. The smallest absolute Gasteiger partial charge is 0.226 e. The van der Waals surface area contributed by atoms with Gasteiger partial charge in [0.05, 0.1) is 0 Å². The van der Waals surface area contributed by atoms with Crippen LogP contribution < -0.4 is 5.32 Å². The largest absolute Gasteiger partial charge is 0.508 e. The van der Waals surface area contributed by atoms with Crippen LogP contribution in [0.25, 0.3) is 0 Å². The number of anilines is 1. The van der Waals surface area contributed by atoms with E-state index in [9.17, 15) is 14.3 Å². The number of aromatic hydroxyl groups is 1. The second kappa shape index (κ2) is 6.30. The number of carbonyl (C=O) groups is 1. The van der Waals surface area contributed by atoms with E-state index in [1.807, 2.05) is 12.1 Å². The molecule has 0 saturated carbocycles. The molecule has 0 radical (unpaired) electrons. The lowest BCUT2D eigenvalue weighted by Crippen LogP contribution is -2.33. The molecule has 2 heterocycles. The number of phenolic OH excluding ortho intramolecular Hbond substituents is 1. The Balaban J connectivity index is 1.61. The van der Waals surface area contributed by atoms with Crippen LogP contribution in [0.2, 0.25) is 0 Å². The Morgan fingerprint density at radius 3 is 2.68 bits per heavy atom. The Morgan fingerprint density at radius 2 is 1.89 bits per heavy atom. The van der Waals surface area contributed by atoms with Gasteiger partial charge in [0.15, 0.2) is 5.78 Å². The molecular formula is C21H17FN4O2. The summed E-state index contributed by atoms with van der Waals surface area (Å²) in [6, 6.07) is 12.8. The van der Waals surface area contributed by atoms with Crippen molar-refractivity contribution in [3.63, 3.8) is 0 Å². The first-order valence-electron chi connectivity index (χ1n) is 9.08. The molecule has 2 atom stereocenters. The van der Waals surface area contributed by atoms with E-state index in [1.165, 1.54) is 18.5 Å². The van der Waals surface area contributed by atoms with Crippen molar-refractivity contribution in [3.8, 4) is 5.75 Å². The second-order valence-electron chi connectivity index (χ2n) is 7.09. The molecule has 0 bridgehead atoms. The molecule has 0 fully saturated rings. The Bertz CT molecular complexity index is 1100. The maximum Gasteiger partial charge on any atom is 0.226 e. The van der Waals surface area contributed by atoms with Gasteiger partial charge in [-0.3, -0.25) is 4.79 Å². The van der Waals surface area contributed by atoms with E-state index in [1.54, 1.807) is 28.9 Å². The molecule has 2 N–H and O–H groups in total. The van der Waals surface area contributed by atoms with Crippen LogP contribution in [0.15, 0.2) is 66.1 Å². The maximum absolute atomic E-state index is 13.4. The van der Waals surface area contributed by atoms with Crippen molar-refractivity contribution < 1.29 is 14.3 Å². The Kier molecular flexibility index (Phi) is 3.75. The predicted molar refractivity (Wildman–Crippen MR) is 100 cm³/mol. The minimum absolute atomic E-state index is 0.0162. The highest BCUT2D eigenvalue weighted by atomic mass is 19.1. The average Bonchev–Trinajstić information content (AvgIpc) is 3.15. The van der Waals surface area contributed by atoms with Gasteiger partial charge in [0.25, 0.3) is 0 Å². The van der Waals surface area contributed by atoms with Crippen molar-refractivity contribution in [2.24, 2.45) is 0 Å². The number of carbonyl (C=O) groups excluding carboxylic acids is 1. The van der Waals surface area contributed by atoms with E-state index >= 15 is 0 Å². The number of hydrogen-bond donors (Lipinski definition) is 2. The summed E-state index contributed by atoms with van der Waals surface area (Å²) in [5.74, 6) is 0.262. The molecule has 1 aliphatic carbocycles. The number of fused-ring (bicyclic) bond motifs is 1. The summed E-state index contributed by atoms with van der Waals surface area (Å²) in [5, 5.41) is 17.7. The zero-order valence-corrected chi connectivity index (χ0v) is 14.8. The summed E-state index contributed by atoms with van der Waals surface area (Å²) in [4.78, 5) is 17.4. The van der Waals surface area contributed by atoms with E-state index in [4.69, 9.17) is 0 Å². The van der Waals surface area contributed by atoms with Gasteiger partial charge in [-0.1, -0.05) is 30.3 Å². The first-order chi connectivity index (χ1) is 13.6. The van der Waals surface area contributed by atoms with Crippen LogP contribution in [-0.4, -0.2) is 25.7 Å². The number of benzene rings is 2. The minimum atomic E-state index is -0.452.